The monoisotopic (exact) mass is 258 g/mol. The maximum absolute atomic E-state index is 11.9. The van der Waals surface area contributed by atoms with Gasteiger partial charge in [-0.1, -0.05) is 0 Å². The van der Waals surface area contributed by atoms with Crippen LogP contribution in [0.1, 0.15) is 32.1 Å². The maximum Gasteiger partial charge on any atom is 0.237 e. The third-order valence-corrected chi connectivity index (χ3v) is 6.15. The van der Waals surface area contributed by atoms with Crippen LogP contribution in [0, 0.1) is 11.3 Å². The van der Waals surface area contributed by atoms with Gasteiger partial charge in [0.1, 0.15) is 0 Å². The summed E-state index contributed by atoms with van der Waals surface area (Å²) in [5, 5.41) is 2.96. The molecule has 17 heavy (non-hydrogen) atoms. The molecule has 6 heteroatoms. The third-order valence-electron chi connectivity index (χ3n) is 4.31. The zero-order valence-corrected chi connectivity index (χ0v) is 10.6. The van der Waals surface area contributed by atoms with E-state index in [-0.39, 0.29) is 22.5 Å². The Morgan fingerprint density at radius 2 is 1.88 bits per heavy atom. The highest BCUT2D eigenvalue weighted by Gasteiger charge is 2.58. The highest BCUT2D eigenvalue weighted by Crippen LogP contribution is 2.58. The molecular formula is C11H18N2O3S. The first-order valence-corrected chi connectivity index (χ1v) is 7.84. The number of hydrogen-bond acceptors (Lipinski definition) is 4. The molecule has 1 aliphatic heterocycles. The molecule has 0 aromatic heterocycles. The Balaban J connectivity index is 1.61. The van der Waals surface area contributed by atoms with Crippen LogP contribution in [0.15, 0.2) is 0 Å². The van der Waals surface area contributed by atoms with Crippen LogP contribution in [0.5, 0.6) is 0 Å². The van der Waals surface area contributed by atoms with Crippen LogP contribution in [0.4, 0.5) is 0 Å². The summed E-state index contributed by atoms with van der Waals surface area (Å²) >= 11 is 0. The van der Waals surface area contributed by atoms with Gasteiger partial charge in [-0.3, -0.25) is 9.52 Å². The van der Waals surface area contributed by atoms with E-state index >= 15 is 0 Å². The molecule has 0 radical (unpaired) electrons. The molecule has 2 aliphatic carbocycles. The molecule has 1 saturated heterocycles. The smallest absolute Gasteiger partial charge is 0.237 e. The lowest BCUT2D eigenvalue weighted by Crippen LogP contribution is -2.37. The lowest BCUT2D eigenvalue weighted by molar-refractivity contribution is -0.121. The molecule has 1 atom stereocenters. The zero-order valence-electron chi connectivity index (χ0n) is 9.74. The summed E-state index contributed by atoms with van der Waals surface area (Å²) in [6, 6.07) is 0. The number of piperidine rings is 1. The predicted molar refractivity (Wildman–Crippen MR) is 62.7 cm³/mol. The van der Waals surface area contributed by atoms with Gasteiger partial charge in [0.25, 0.3) is 0 Å². The molecule has 3 aliphatic rings. The summed E-state index contributed by atoms with van der Waals surface area (Å²) in [6.07, 6.45) is 4.24. The first-order valence-electron chi connectivity index (χ1n) is 6.30. The fraction of sp³-hybridized carbons (Fsp3) is 0.909. The van der Waals surface area contributed by atoms with Gasteiger partial charge in [-0.15, -0.1) is 0 Å². The molecule has 2 saturated carbocycles. The number of sulfonamides is 1. The van der Waals surface area contributed by atoms with E-state index in [4.69, 9.17) is 0 Å². The van der Waals surface area contributed by atoms with Gasteiger partial charge < -0.3 is 5.32 Å². The van der Waals surface area contributed by atoms with Gasteiger partial charge in [0.15, 0.2) is 0 Å². The minimum atomic E-state index is -3.36. The number of carbonyl (C=O) groups is 1. The van der Waals surface area contributed by atoms with Gasteiger partial charge in [0.05, 0.1) is 5.25 Å². The molecule has 0 aromatic carbocycles. The Hall–Kier alpha value is -0.620. The van der Waals surface area contributed by atoms with Crippen molar-refractivity contribution in [3.05, 3.63) is 0 Å². The molecule has 2 N–H and O–H groups in total. The fourth-order valence-corrected chi connectivity index (χ4v) is 4.21. The number of hydrogen-bond donors (Lipinski definition) is 2. The lowest BCUT2D eigenvalue weighted by Gasteiger charge is -2.23. The van der Waals surface area contributed by atoms with Gasteiger partial charge in [-0.25, -0.2) is 8.42 Å². The summed E-state index contributed by atoms with van der Waals surface area (Å²) in [4.78, 5) is 11.9. The largest absolute Gasteiger partial charge is 0.317 e. The van der Waals surface area contributed by atoms with E-state index in [2.05, 4.69) is 10.0 Å². The average Bonchev–Trinajstić information content (AvgIpc) is 3.12. The highest BCUT2D eigenvalue weighted by atomic mass is 32.2. The molecule has 0 bridgehead atoms. The fourth-order valence-electron chi connectivity index (χ4n) is 2.87. The Kier molecular flexibility index (Phi) is 2.49. The second-order valence-corrected chi connectivity index (χ2v) is 7.54. The van der Waals surface area contributed by atoms with Gasteiger partial charge >= 0.3 is 0 Å². The standard InChI is InChI=1S/C11H18N2O3S/c14-10(13-17(15,16)8-1-2-8)9-7-11(9)3-5-12-6-4-11/h8-9,12H,1-7H2,(H,13,14). The Morgan fingerprint density at radius 1 is 1.24 bits per heavy atom. The Labute approximate surface area is 101 Å². The van der Waals surface area contributed by atoms with Crippen LogP contribution in [-0.4, -0.2) is 32.7 Å². The van der Waals surface area contributed by atoms with Crippen LogP contribution in [0.25, 0.3) is 0 Å². The van der Waals surface area contributed by atoms with E-state index in [0.717, 1.165) is 32.4 Å². The quantitative estimate of drug-likeness (QED) is 0.746. The molecular weight excluding hydrogens is 240 g/mol. The first kappa shape index (κ1) is 11.5. The molecule has 1 heterocycles. The second kappa shape index (κ2) is 3.68. The van der Waals surface area contributed by atoms with Crippen molar-refractivity contribution in [2.75, 3.05) is 13.1 Å². The highest BCUT2D eigenvalue weighted by molar-refractivity contribution is 7.90. The molecule has 0 aromatic rings. The average molecular weight is 258 g/mol. The van der Waals surface area contributed by atoms with Crippen LogP contribution in [0.2, 0.25) is 0 Å². The summed E-state index contributed by atoms with van der Waals surface area (Å²) in [5.74, 6) is -0.336. The molecule has 1 amide bonds. The Morgan fingerprint density at radius 3 is 2.47 bits per heavy atom. The van der Waals surface area contributed by atoms with Gasteiger partial charge in [-0.05, 0) is 50.6 Å². The molecule has 5 nitrogen and oxygen atoms in total. The minimum Gasteiger partial charge on any atom is -0.317 e. The number of carbonyl (C=O) groups excluding carboxylic acids is 1. The van der Waals surface area contributed by atoms with Gasteiger partial charge in [-0.2, -0.15) is 0 Å². The summed E-state index contributed by atoms with van der Waals surface area (Å²) in [5.41, 5.74) is 0.106. The predicted octanol–water partition coefficient (Wildman–Crippen LogP) is -0.0155. The summed E-state index contributed by atoms with van der Waals surface area (Å²) in [7, 11) is -3.36. The van der Waals surface area contributed by atoms with Crippen LogP contribution >= 0.6 is 0 Å². The van der Waals surface area contributed by atoms with Crippen molar-refractivity contribution in [1.82, 2.24) is 10.0 Å². The second-order valence-electron chi connectivity index (χ2n) is 5.58. The first-order chi connectivity index (χ1) is 8.04. The molecule has 96 valence electrons. The Bertz CT molecular complexity index is 436. The van der Waals surface area contributed by atoms with E-state index in [9.17, 15) is 13.2 Å². The van der Waals surface area contributed by atoms with E-state index in [0.29, 0.717) is 12.8 Å². The van der Waals surface area contributed by atoms with Crippen molar-refractivity contribution in [2.24, 2.45) is 11.3 Å². The van der Waals surface area contributed by atoms with Crippen molar-refractivity contribution < 1.29 is 13.2 Å². The van der Waals surface area contributed by atoms with Crippen molar-refractivity contribution in [3.63, 3.8) is 0 Å². The van der Waals surface area contributed by atoms with Gasteiger partial charge in [0.2, 0.25) is 15.9 Å². The van der Waals surface area contributed by atoms with E-state index < -0.39 is 10.0 Å². The molecule has 3 rings (SSSR count). The lowest BCUT2D eigenvalue weighted by atomic mass is 9.92. The minimum absolute atomic E-state index is 0.0712. The zero-order chi connectivity index (χ0) is 12.1. The number of amides is 1. The molecule has 1 unspecified atom stereocenters. The SMILES string of the molecule is O=C(NS(=O)(=O)C1CC1)C1CC12CCNCC2. The van der Waals surface area contributed by atoms with Gasteiger partial charge in [0, 0.05) is 5.92 Å². The van der Waals surface area contributed by atoms with E-state index in [1.54, 1.807) is 0 Å². The molecule has 3 fully saturated rings. The third kappa shape index (κ3) is 2.08. The normalized spacial score (nSPS) is 31.2. The van der Waals surface area contributed by atoms with Crippen molar-refractivity contribution in [1.29, 1.82) is 0 Å². The summed E-state index contributed by atoms with van der Waals surface area (Å²) < 4.78 is 25.6. The van der Waals surface area contributed by atoms with E-state index in [1.807, 2.05) is 0 Å². The summed E-state index contributed by atoms with van der Waals surface area (Å²) in [6.45, 7) is 1.89. The van der Waals surface area contributed by atoms with Crippen molar-refractivity contribution >= 4 is 15.9 Å². The maximum atomic E-state index is 11.9. The number of rotatable bonds is 3. The van der Waals surface area contributed by atoms with Crippen LogP contribution in [-0.2, 0) is 14.8 Å². The molecule has 1 spiro atoms. The van der Waals surface area contributed by atoms with Crippen LogP contribution in [0.3, 0.4) is 0 Å². The van der Waals surface area contributed by atoms with Crippen LogP contribution < -0.4 is 10.0 Å². The van der Waals surface area contributed by atoms with Crippen molar-refractivity contribution in [2.45, 2.75) is 37.4 Å². The van der Waals surface area contributed by atoms with E-state index in [1.165, 1.54) is 0 Å². The topological polar surface area (TPSA) is 75.3 Å². The van der Waals surface area contributed by atoms with Crippen molar-refractivity contribution in [3.8, 4) is 0 Å². The number of nitrogens with one attached hydrogen (secondary N) is 2.